The molecule has 0 radical (unpaired) electrons. The Morgan fingerprint density at radius 3 is 2.28 bits per heavy atom. The van der Waals surface area contributed by atoms with Crippen LogP contribution < -0.4 is 4.72 Å². The molecule has 2 rings (SSSR count). The first kappa shape index (κ1) is 19.1. The molecule has 0 saturated heterocycles. The Labute approximate surface area is 150 Å². The van der Waals surface area contributed by atoms with Gasteiger partial charge in [-0.05, 0) is 45.0 Å². The number of hydrogen-bond donors (Lipinski definition) is 1. The van der Waals surface area contributed by atoms with Crippen LogP contribution in [0.5, 0.6) is 0 Å². The van der Waals surface area contributed by atoms with Gasteiger partial charge in [-0.1, -0.05) is 0 Å². The van der Waals surface area contributed by atoms with Gasteiger partial charge < -0.3 is 4.74 Å². The molecule has 1 N–H and O–H groups in total. The molecule has 0 amide bonds. The first-order valence-corrected chi connectivity index (χ1v) is 10.0. The third-order valence-corrected chi connectivity index (χ3v) is 4.87. The SMILES string of the molecule is Cc1nc(C)c(C(=O)O[C@H](C)C(=O)c2ccc(NS(C)(=O)=O)cc2)s1. The number of benzene rings is 1. The van der Waals surface area contributed by atoms with E-state index in [0.29, 0.717) is 21.8 Å². The van der Waals surface area contributed by atoms with E-state index < -0.39 is 22.1 Å². The zero-order valence-electron chi connectivity index (χ0n) is 14.2. The molecule has 0 spiro atoms. The standard InChI is InChI=1S/C16H18N2O5S2/c1-9-15(24-11(3)17-9)16(20)23-10(2)14(19)12-5-7-13(8-6-12)18-25(4,21)22/h5-8,10,18H,1-4H3/t10-/m1/s1. The lowest BCUT2D eigenvalue weighted by Crippen LogP contribution is -2.24. The Kier molecular flexibility index (Phi) is 5.58. The molecule has 7 nitrogen and oxygen atoms in total. The number of Topliss-reactive ketones (excluding diaryl/α,β-unsaturated/α-hetero) is 1. The van der Waals surface area contributed by atoms with Gasteiger partial charge in [-0.3, -0.25) is 9.52 Å². The Hall–Kier alpha value is -2.26. The maximum absolute atomic E-state index is 12.4. The molecule has 0 aliphatic rings. The summed E-state index contributed by atoms with van der Waals surface area (Å²) in [6, 6.07) is 5.89. The van der Waals surface area contributed by atoms with Crippen molar-refractivity contribution >= 4 is 38.8 Å². The zero-order chi connectivity index (χ0) is 18.8. The van der Waals surface area contributed by atoms with Gasteiger partial charge in [0.1, 0.15) is 4.88 Å². The van der Waals surface area contributed by atoms with Crippen LogP contribution in [0, 0.1) is 13.8 Å². The number of rotatable bonds is 6. The van der Waals surface area contributed by atoms with Crippen molar-refractivity contribution in [1.82, 2.24) is 4.98 Å². The highest BCUT2D eigenvalue weighted by atomic mass is 32.2. The van der Waals surface area contributed by atoms with Crippen LogP contribution in [0.25, 0.3) is 0 Å². The van der Waals surface area contributed by atoms with Crippen LogP contribution in [-0.4, -0.2) is 37.5 Å². The molecule has 1 heterocycles. The number of nitrogens with one attached hydrogen (secondary N) is 1. The molecule has 25 heavy (non-hydrogen) atoms. The molecule has 0 aliphatic carbocycles. The number of thiazole rings is 1. The maximum atomic E-state index is 12.4. The van der Waals surface area contributed by atoms with E-state index in [-0.39, 0.29) is 5.78 Å². The highest BCUT2D eigenvalue weighted by Gasteiger charge is 2.23. The lowest BCUT2D eigenvalue weighted by Gasteiger charge is -2.12. The van der Waals surface area contributed by atoms with E-state index in [1.807, 2.05) is 0 Å². The normalized spacial score (nSPS) is 12.5. The maximum Gasteiger partial charge on any atom is 0.350 e. The van der Waals surface area contributed by atoms with E-state index in [0.717, 1.165) is 11.3 Å². The van der Waals surface area contributed by atoms with Crippen LogP contribution in [0.1, 0.15) is 37.7 Å². The number of ketones is 1. The summed E-state index contributed by atoms with van der Waals surface area (Å²) in [5, 5.41) is 0.748. The van der Waals surface area contributed by atoms with Crippen molar-refractivity contribution in [1.29, 1.82) is 0 Å². The van der Waals surface area contributed by atoms with E-state index in [1.165, 1.54) is 42.5 Å². The fourth-order valence-corrected chi connectivity index (χ4v) is 3.51. The van der Waals surface area contributed by atoms with Crippen molar-refractivity contribution in [3.63, 3.8) is 0 Å². The Balaban J connectivity index is 2.06. The number of ether oxygens (including phenoxy) is 1. The van der Waals surface area contributed by atoms with Crippen molar-refractivity contribution in [2.24, 2.45) is 0 Å². The highest BCUT2D eigenvalue weighted by Crippen LogP contribution is 2.20. The van der Waals surface area contributed by atoms with E-state index >= 15 is 0 Å². The molecule has 1 atom stereocenters. The number of carbonyl (C=O) groups is 2. The third-order valence-electron chi connectivity index (χ3n) is 3.21. The Morgan fingerprint density at radius 1 is 1.20 bits per heavy atom. The fourth-order valence-electron chi connectivity index (χ4n) is 2.14. The summed E-state index contributed by atoms with van der Waals surface area (Å²) in [6.07, 6.45) is 0.0690. The zero-order valence-corrected chi connectivity index (χ0v) is 15.8. The summed E-state index contributed by atoms with van der Waals surface area (Å²) in [5.74, 6) is -0.961. The van der Waals surface area contributed by atoms with Crippen molar-refractivity contribution in [2.75, 3.05) is 11.0 Å². The average Bonchev–Trinajstić information content (AvgIpc) is 2.84. The number of anilines is 1. The topological polar surface area (TPSA) is 102 Å². The summed E-state index contributed by atoms with van der Waals surface area (Å²) in [5.41, 5.74) is 1.24. The van der Waals surface area contributed by atoms with Gasteiger partial charge in [0.15, 0.2) is 6.10 Å². The molecule has 2 aromatic rings. The quantitative estimate of drug-likeness (QED) is 0.608. The smallest absolute Gasteiger partial charge is 0.350 e. The lowest BCUT2D eigenvalue weighted by molar-refractivity contribution is 0.0322. The molecule has 0 aliphatic heterocycles. The number of hydrogen-bond acceptors (Lipinski definition) is 7. The number of aryl methyl sites for hydroxylation is 2. The van der Waals surface area contributed by atoms with Crippen molar-refractivity contribution in [2.45, 2.75) is 26.9 Å². The van der Waals surface area contributed by atoms with Crippen LogP contribution in [-0.2, 0) is 14.8 Å². The first-order valence-electron chi connectivity index (χ1n) is 7.34. The predicted octanol–water partition coefficient (Wildman–Crippen LogP) is 2.56. The summed E-state index contributed by atoms with van der Waals surface area (Å²) < 4.78 is 29.9. The molecule has 134 valence electrons. The summed E-state index contributed by atoms with van der Waals surface area (Å²) >= 11 is 1.22. The van der Waals surface area contributed by atoms with Crippen LogP contribution in [0.3, 0.4) is 0 Å². The molecule has 1 aromatic carbocycles. The van der Waals surface area contributed by atoms with Gasteiger partial charge in [0, 0.05) is 11.3 Å². The largest absolute Gasteiger partial charge is 0.450 e. The van der Waals surface area contributed by atoms with Gasteiger partial charge in [0.05, 0.1) is 17.0 Å². The monoisotopic (exact) mass is 382 g/mol. The minimum absolute atomic E-state index is 0.316. The third kappa shape index (κ3) is 5.10. The van der Waals surface area contributed by atoms with Gasteiger partial charge in [-0.2, -0.15) is 0 Å². The minimum Gasteiger partial charge on any atom is -0.450 e. The van der Waals surface area contributed by atoms with E-state index in [1.54, 1.807) is 13.8 Å². The lowest BCUT2D eigenvalue weighted by atomic mass is 10.1. The Bertz CT molecular complexity index is 901. The molecule has 9 heteroatoms. The summed E-state index contributed by atoms with van der Waals surface area (Å²) in [6.45, 7) is 4.99. The molecule has 0 bridgehead atoms. The predicted molar refractivity (Wildman–Crippen MR) is 95.7 cm³/mol. The second-order valence-electron chi connectivity index (χ2n) is 5.51. The molecule has 0 fully saturated rings. The van der Waals surface area contributed by atoms with Crippen LogP contribution in [0.2, 0.25) is 0 Å². The van der Waals surface area contributed by atoms with Gasteiger partial charge >= 0.3 is 5.97 Å². The minimum atomic E-state index is -3.38. The Morgan fingerprint density at radius 2 is 1.80 bits per heavy atom. The molecule has 0 unspecified atom stereocenters. The number of carbonyl (C=O) groups excluding carboxylic acids is 2. The highest BCUT2D eigenvalue weighted by molar-refractivity contribution is 7.92. The molecular weight excluding hydrogens is 364 g/mol. The number of esters is 1. The second kappa shape index (κ2) is 7.32. The molecular formula is C16H18N2O5S2. The fraction of sp³-hybridized carbons (Fsp3) is 0.312. The average molecular weight is 382 g/mol. The second-order valence-corrected chi connectivity index (χ2v) is 8.46. The van der Waals surface area contributed by atoms with Crippen molar-refractivity contribution in [3.05, 3.63) is 45.4 Å². The molecule has 1 aromatic heterocycles. The molecule has 0 saturated carbocycles. The van der Waals surface area contributed by atoms with Crippen LogP contribution in [0.4, 0.5) is 5.69 Å². The van der Waals surface area contributed by atoms with E-state index in [9.17, 15) is 18.0 Å². The van der Waals surface area contributed by atoms with E-state index in [2.05, 4.69) is 9.71 Å². The summed E-state index contributed by atoms with van der Waals surface area (Å²) in [7, 11) is -3.38. The van der Waals surface area contributed by atoms with Gasteiger partial charge in [-0.25, -0.2) is 18.2 Å². The van der Waals surface area contributed by atoms with Crippen molar-refractivity contribution in [3.8, 4) is 0 Å². The van der Waals surface area contributed by atoms with E-state index in [4.69, 9.17) is 4.74 Å². The van der Waals surface area contributed by atoms with Crippen LogP contribution >= 0.6 is 11.3 Å². The van der Waals surface area contributed by atoms with Gasteiger partial charge in [0.2, 0.25) is 15.8 Å². The van der Waals surface area contributed by atoms with Crippen LogP contribution in [0.15, 0.2) is 24.3 Å². The summed E-state index contributed by atoms with van der Waals surface area (Å²) in [4.78, 5) is 29.1. The number of sulfonamides is 1. The number of aromatic nitrogens is 1. The van der Waals surface area contributed by atoms with Gasteiger partial charge in [0.25, 0.3) is 0 Å². The number of nitrogens with zero attached hydrogens (tertiary/aromatic N) is 1. The van der Waals surface area contributed by atoms with Gasteiger partial charge in [-0.15, -0.1) is 11.3 Å². The van der Waals surface area contributed by atoms with Crippen molar-refractivity contribution < 1.29 is 22.7 Å². The first-order chi connectivity index (χ1) is 11.6.